The summed E-state index contributed by atoms with van der Waals surface area (Å²) in [5, 5.41) is 0. The minimum Gasteiger partial charge on any atom is -0.490 e. The van der Waals surface area contributed by atoms with E-state index in [9.17, 15) is 13.2 Å². The Bertz CT molecular complexity index is 628. The fraction of sp³-hybridized carbons (Fsp3) is 0.500. The summed E-state index contributed by atoms with van der Waals surface area (Å²) < 4.78 is 32.1. The first-order valence-corrected chi connectivity index (χ1v) is 8.54. The van der Waals surface area contributed by atoms with Crippen molar-refractivity contribution in [3.63, 3.8) is 0 Å². The SMILES string of the molecule is CCCC(=O)N1CCOc2ccc(S(=O)(=O)NCC)cc21. The van der Waals surface area contributed by atoms with Gasteiger partial charge in [-0.05, 0) is 24.6 Å². The maximum absolute atomic E-state index is 12.2. The first-order valence-electron chi connectivity index (χ1n) is 7.06. The molecule has 1 aromatic rings. The number of anilines is 1. The van der Waals surface area contributed by atoms with Gasteiger partial charge in [0.15, 0.2) is 0 Å². The van der Waals surface area contributed by atoms with Crippen molar-refractivity contribution in [1.82, 2.24) is 4.72 Å². The van der Waals surface area contributed by atoms with Crippen molar-refractivity contribution in [3.8, 4) is 5.75 Å². The number of nitrogens with zero attached hydrogens (tertiary/aromatic N) is 1. The highest BCUT2D eigenvalue weighted by atomic mass is 32.2. The van der Waals surface area contributed by atoms with Crippen LogP contribution >= 0.6 is 0 Å². The van der Waals surface area contributed by atoms with Gasteiger partial charge in [-0.3, -0.25) is 4.79 Å². The quantitative estimate of drug-likeness (QED) is 0.894. The molecule has 1 N–H and O–H groups in total. The molecule has 0 radical (unpaired) electrons. The van der Waals surface area contributed by atoms with E-state index < -0.39 is 10.0 Å². The predicted molar refractivity (Wildman–Crippen MR) is 80.1 cm³/mol. The molecule has 1 aliphatic heterocycles. The molecule has 1 heterocycles. The van der Waals surface area contributed by atoms with Crippen LogP contribution in [-0.2, 0) is 14.8 Å². The fourth-order valence-electron chi connectivity index (χ4n) is 2.25. The number of benzene rings is 1. The molecule has 0 atom stereocenters. The van der Waals surface area contributed by atoms with Gasteiger partial charge < -0.3 is 9.64 Å². The molecule has 21 heavy (non-hydrogen) atoms. The molecule has 0 unspecified atom stereocenters. The molecule has 0 bridgehead atoms. The van der Waals surface area contributed by atoms with Gasteiger partial charge in [0.05, 0.1) is 17.1 Å². The summed E-state index contributed by atoms with van der Waals surface area (Å²) in [7, 11) is -3.55. The Kier molecular flexibility index (Phi) is 4.84. The normalized spacial score (nSPS) is 14.5. The van der Waals surface area contributed by atoms with Crippen LogP contribution < -0.4 is 14.4 Å². The summed E-state index contributed by atoms with van der Waals surface area (Å²) in [5.41, 5.74) is 0.527. The van der Waals surface area contributed by atoms with Crippen LogP contribution in [0.15, 0.2) is 23.1 Å². The molecule has 6 nitrogen and oxygen atoms in total. The van der Waals surface area contributed by atoms with Crippen molar-refractivity contribution in [2.45, 2.75) is 31.6 Å². The lowest BCUT2D eigenvalue weighted by atomic mass is 10.2. The highest BCUT2D eigenvalue weighted by Gasteiger charge is 2.25. The van der Waals surface area contributed by atoms with Crippen LogP contribution in [0.5, 0.6) is 5.75 Å². The van der Waals surface area contributed by atoms with Gasteiger partial charge in [-0.15, -0.1) is 0 Å². The van der Waals surface area contributed by atoms with E-state index in [4.69, 9.17) is 4.74 Å². The molecule has 0 spiro atoms. The van der Waals surface area contributed by atoms with Crippen molar-refractivity contribution in [2.75, 3.05) is 24.6 Å². The lowest BCUT2D eigenvalue weighted by Gasteiger charge is -2.30. The van der Waals surface area contributed by atoms with Gasteiger partial charge in [-0.1, -0.05) is 13.8 Å². The topological polar surface area (TPSA) is 75.7 Å². The number of carbonyl (C=O) groups excluding carboxylic acids is 1. The number of sulfonamides is 1. The van der Waals surface area contributed by atoms with Crippen molar-refractivity contribution in [1.29, 1.82) is 0 Å². The van der Waals surface area contributed by atoms with Crippen molar-refractivity contribution < 1.29 is 17.9 Å². The Labute approximate surface area is 125 Å². The maximum atomic E-state index is 12.2. The second-order valence-electron chi connectivity index (χ2n) is 4.77. The van der Waals surface area contributed by atoms with E-state index in [0.29, 0.717) is 37.6 Å². The van der Waals surface area contributed by atoms with Gasteiger partial charge in [0.2, 0.25) is 15.9 Å². The number of nitrogens with one attached hydrogen (secondary N) is 1. The minimum absolute atomic E-state index is 0.0138. The zero-order chi connectivity index (χ0) is 15.5. The van der Waals surface area contributed by atoms with Crippen LogP contribution in [0.4, 0.5) is 5.69 Å². The molecule has 0 fully saturated rings. The molecular formula is C14H20N2O4S. The summed E-state index contributed by atoms with van der Waals surface area (Å²) in [5.74, 6) is 0.529. The lowest BCUT2D eigenvalue weighted by molar-refractivity contribution is -0.118. The highest BCUT2D eigenvalue weighted by Crippen LogP contribution is 2.34. The second kappa shape index (κ2) is 6.44. The number of rotatable bonds is 5. The maximum Gasteiger partial charge on any atom is 0.240 e. The number of amides is 1. The van der Waals surface area contributed by atoms with Crippen LogP contribution in [0.1, 0.15) is 26.7 Å². The molecule has 2 rings (SSSR count). The smallest absolute Gasteiger partial charge is 0.240 e. The van der Waals surface area contributed by atoms with Gasteiger partial charge in [-0.2, -0.15) is 0 Å². The third kappa shape index (κ3) is 3.36. The van der Waals surface area contributed by atoms with Gasteiger partial charge in [0, 0.05) is 13.0 Å². The summed E-state index contributed by atoms with van der Waals surface area (Å²) in [6, 6.07) is 4.59. The first-order chi connectivity index (χ1) is 9.99. The molecule has 1 amide bonds. The van der Waals surface area contributed by atoms with Crippen LogP contribution in [0.2, 0.25) is 0 Å². The summed E-state index contributed by atoms with van der Waals surface area (Å²) in [6.45, 7) is 4.83. The number of hydrogen-bond donors (Lipinski definition) is 1. The van der Waals surface area contributed by atoms with Crippen LogP contribution in [0, 0.1) is 0 Å². The molecule has 1 aromatic carbocycles. The molecular weight excluding hydrogens is 292 g/mol. The third-order valence-electron chi connectivity index (χ3n) is 3.20. The van der Waals surface area contributed by atoms with Gasteiger partial charge >= 0.3 is 0 Å². The molecule has 0 saturated heterocycles. The van der Waals surface area contributed by atoms with Crippen molar-refractivity contribution in [2.24, 2.45) is 0 Å². The van der Waals surface area contributed by atoms with Crippen molar-refractivity contribution in [3.05, 3.63) is 18.2 Å². The van der Waals surface area contributed by atoms with Crippen LogP contribution in [0.25, 0.3) is 0 Å². The van der Waals surface area contributed by atoms with Crippen molar-refractivity contribution >= 4 is 21.6 Å². The Morgan fingerprint density at radius 1 is 1.38 bits per heavy atom. The fourth-order valence-corrected chi connectivity index (χ4v) is 3.31. The van der Waals surface area contributed by atoms with Gasteiger partial charge in [-0.25, -0.2) is 13.1 Å². The Morgan fingerprint density at radius 3 is 2.81 bits per heavy atom. The summed E-state index contributed by atoms with van der Waals surface area (Å²) in [4.78, 5) is 13.9. The third-order valence-corrected chi connectivity index (χ3v) is 4.75. The monoisotopic (exact) mass is 312 g/mol. The molecule has 7 heteroatoms. The minimum atomic E-state index is -3.55. The van der Waals surface area contributed by atoms with Gasteiger partial charge in [0.1, 0.15) is 12.4 Å². The van der Waals surface area contributed by atoms with E-state index in [1.807, 2.05) is 6.92 Å². The first kappa shape index (κ1) is 15.8. The largest absolute Gasteiger partial charge is 0.490 e. The molecule has 1 aliphatic rings. The number of ether oxygens (including phenoxy) is 1. The van der Waals surface area contributed by atoms with Crippen LogP contribution in [0.3, 0.4) is 0 Å². The van der Waals surface area contributed by atoms with E-state index >= 15 is 0 Å². The zero-order valence-electron chi connectivity index (χ0n) is 12.3. The average molecular weight is 312 g/mol. The molecule has 0 saturated carbocycles. The number of carbonyl (C=O) groups is 1. The predicted octanol–water partition coefficient (Wildman–Crippen LogP) is 1.51. The Morgan fingerprint density at radius 2 is 2.14 bits per heavy atom. The highest BCUT2D eigenvalue weighted by molar-refractivity contribution is 7.89. The number of fused-ring (bicyclic) bond motifs is 1. The van der Waals surface area contributed by atoms with E-state index in [2.05, 4.69) is 4.72 Å². The summed E-state index contributed by atoms with van der Waals surface area (Å²) in [6.07, 6.45) is 1.19. The van der Waals surface area contributed by atoms with E-state index in [1.165, 1.54) is 12.1 Å². The summed E-state index contributed by atoms with van der Waals surface area (Å²) >= 11 is 0. The Hall–Kier alpha value is -1.60. The Balaban J connectivity index is 2.40. The average Bonchev–Trinajstić information content (AvgIpc) is 2.46. The van der Waals surface area contributed by atoms with E-state index in [0.717, 1.165) is 6.42 Å². The number of hydrogen-bond acceptors (Lipinski definition) is 4. The zero-order valence-corrected chi connectivity index (χ0v) is 13.1. The standard InChI is InChI=1S/C14H20N2O4S/c1-3-5-14(17)16-8-9-20-13-7-6-11(10-12(13)16)21(18,19)15-4-2/h6-7,10,15H,3-5,8-9H2,1-2H3. The van der Waals surface area contributed by atoms with Gasteiger partial charge in [0.25, 0.3) is 0 Å². The van der Waals surface area contributed by atoms with Crippen LogP contribution in [-0.4, -0.2) is 34.0 Å². The molecule has 0 aromatic heterocycles. The van der Waals surface area contributed by atoms with E-state index in [-0.39, 0.29) is 10.8 Å². The molecule has 116 valence electrons. The lowest BCUT2D eigenvalue weighted by Crippen LogP contribution is -2.38. The molecule has 0 aliphatic carbocycles. The second-order valence-corrected chi connectivity index (χ2v) is 6.54. The van der Waals surface area contributed by atoms with E-state index in [1.54, 1.807) is 17.9 Å².